The summed E-state index contributed by atoms with van der Waals surface area (Å²) in [5.74, 6) is 0.498. The third-order valence-electron chi connectivity index (χ3n) is 6.89. The van der Waals surface area contributed by atoms with Crippen LogP contribution < -0.4 is 5.46 Å². The van der Waals surface area contributed by atoms with E-state index < -0.39 is 18.8 Å². The van der Waals surface area contributed by atoms with Crippen LogP contribution in [0.1, 0.15) is 82.6 Å². The van der Waals surface area contributed by atoms with Gasteiger partial charge in [0.15, 0.2) is 11.6 Å². The van der Waals surface area contributed by atoms with Gasteiger partial charge in [-0.05, 0) is 67.8 Å². The van der Waals surface area contributed by atoms with Crippen molar-refractivity contribution in [2.24, 2.45) is 17.8 Å². The minimum Gasteiger partial charge on any atom is -0.423 e. The first kappa shape index (κ1) is 19.8. The molecule has 0 heterocycles. The maximum absolute atomic E-state index is 14.4. The number of halogens is 2. The van der Waals surface area contributed by atoms with Crippen molar-refractivity contribution < 1.29 is 18.8 Å². The summed E-state index contributed by atoms with van der Waals surface area (Å²) in [5, 5.41) is 18.2. The third-order valence-corrected chi connectivity index (χ3v) is 6.89. The van der Waals surface area contributed by atoms with Crippen LogP contribution in [0.2, 0.25) is 0 Å². The fourth-order valence-corrected chi connectivity index (χ4v) is 5.35. The van der Waals surface area contributed by atoms with Crippen LogP contribution in [0.4, 0.5) is 8.78 Å². The number of rotatable bonds is 5. The molecule has 144 valence electrons. The summed E-state index contributed by atoms with van der Waals surface area (Å²) in [4.78, 5) is 0. The second-order valence-electron chi connectivity index (χ2n) is 8.43. The van der Waals surface area contributed by atoms with E-state index in [2.05, 4.69) is 6.92 Å². The van der Waals surface area contributed by atoms with Gasteiger partial charge in [-0.15, -0.1) is 0 Å². The van der Waals surface area contributed by atoms with Gasteiger partial charge in [-0.1, -0.05) is 44.7 Å². The van der Waals surface area contributed by atoms with Crippen LogP contribution in [-0.4, -0.2) is 17.2 Å². The SMILES string of the molecule is CCCC1CCC(C2CCC(c3ccc(B(O)O)c(F)c3F)CC2)CC1. The molecule has 0 amide bonds. The van der Waals surface area contributed by atoms with Crippen LogP contribution in [0.15, 0.2) is 12.1 Å². The normalized spacial score (nSPS) is 29.6. The molecule has 2 nitrogen and oxygen atoms in total. The van der Waals surface area contributed by atoms with E-state index in [1.165, 1.54) is 50.7 Å². The fourth-order valence-electron chi connectivity index (χ4n) is 5.35. The lowest BCUT2D eigenvalue weighted by molar-refractivity contribution is 0.156. The molecule has 1 aromatic carbocycles. The van der Waals surface area contributed by atoms with E-state index in [1.54, 1.807) is 0 Å². The highest BCUT2D eigenvalue weighted by Gasteiger charge is 2.33. The molecular weight excluding hydrogens is 333 g/mol. The molecule has 5 heteroatoms. The molecule has 0 aromatic heterocycles. The Bertz CT molecular complexity index is 592. The molecule has 0 bridgehead atoms. The van der Waals surface area contributed by atoms with Crippen molar-refractivity contribution in [3.8, 4) is 0 Å². The molecule has 0 aliphatic heterocycles. The van der Waals surface area contributed by atoms with Crippen molar-refractivity contribution in [2.75, 3.05) is 0 Å². The van der Waals surface area contributed by atoms with E-state index in [1.807, 2.05) is 0 Å². The van der Waals surface area contributed by atoms with Gasteiger partial charge in [0.1, 0.15) is 0 Å². The number of hydrogen-bond acceptors (Lipinski definition) is 2. The molecule has 2 saturated carbocycles. The second-order valence-corrected chi connectivity index (χ2v) is 8.43. The van der Waals surface area contributed by atoms with Crippen LogP contribution >= 0.6 is 0 Å². The van der Waals surface area contributed by atoms with Crippen LogP contribution in [0.5, 0.6) is 0 Å². The van der Waals surface area contributed by atoms with Crippen molar-refractivity contribution in [3.05, 3.63) is 29.3 Å². The maximum Gasteiger partial charge on any atom is 0.491 e. The molecule has 0 saturated heterocycles. The van der Waals surface area contributed by atoms with Gasteiger partial charge in [-0.2, -0.15) is 0 Å². The zero-order valence-corrected chi connectivity index (χ0v) is 15.8. The third kappa shape index (κ3) is 4.31. The number of hydrogen-bond donors (Lipinski definition) is 2. The Morgan fingerprint density at radius 1 is 0.885 bits per heavy atom. The summed E-state index contributed by atoms with van der Waals surface area (Å²) in [6.45, 7) is 2.27. The van der Waals surface area contributed by atoms with Crippen molar-refractivity contribution in [1.82, 2.24) is 0 Å². The van der Waals surface area contributed by atoms with Crippen molar-refractivity contribution in [2.45, 2.75) is 77.0 Å². The summed E-state index contributed by atoms with van der Waals surface area (Å²) in [6.07, 6.45) is 12.1. The Morgan fingerprint density at radius 3 is 2.00 bits per heavy atom. The summed E-state index contributed by atoms with van der Waals surface area (Å²) in [6, 6.07) is 2.84. The molecule has 2 fully saturated rings. The molecule has 0 atom stereocenters. The van der Waals surface area contributed by atoms with E-state index in [9.17, 15) is 8.78 Å². The predicted octanol–water partition coefficient (Wildman–Crippen LogP) is 4.52. The first-order valence-electron chi connectivity index (χ1n) is 10.3. The van der Waals surface area contributed by atoms with E-state index in [0.29, 0.717) is 5.56 Å². The molecule has 0 radical (unpaired) electrons. The zero-order valence-electron chi connectivity index (χ0n) is 15.8. The maximum atomic E-state index is 14.4. The lowest BCUT2D eigenvalue weighted by Gasteiger charge is -2.38. The van der Waals surface area contributed by atoms with Gasteiger partial charge < -0.3 is 10.0 Å². The van der Waals surface area contributed by atoms with E-state index >= 15 is 0 Å². The first-order valence-corrected chi connectivity index (χ1v) is 10.3. The largest absolute Gasteiger partial charge is 0.491 e. The highest BCUT2D eigenvalue weighted by Crippen LogP contribution is 2.44. The number of benzene rings is 1. The van der Waals surface area contributed by atoms with Crippen LogP contribution in [0.3, 0.4) is 0 Å². The van der Waals surface area contributed by atoms with Crippen LogP contribution in [0, 0.1) is 29.4 Å². The summed E-state index contributed by atoms with van der Waals surface area (Å²) in [7, 11) is -1.97. The van der Waals surface area contributed by atoms with E-state index in [-0.39, 0.29) is 11.4 Å². The molecule has 2 N–H and O–H groups in total. The molecule has 1 aromatic rings. The lowest BCUT2D eigenvalue weighted by atomic mass is 9.67. The minimum atomic E-state index is -1.97. The molecular formula is C21H31BF2O2. The van der Waals surface area contributed by atoms with Gasteiger partial charge in [0.05, 0.1) is 0 Å². The quantitative estimate of drug-likeness (QED) is 0.754. The van der Waals surface area contributed by atoms with Gasteiger partial charge in [0, 0.05) is 5.46 Å². The summed E-state index contributed by atoms with van der Waals surface area (Å²) < 4.78 is 28.4. The summed E-state index contributed by atoms with van der Waals surface area (Å²) >= 11 is 0. The van der Waals surface area contributed by atoms with Crippen LogP contribution in [-0.2, 0) is 0 Å². The van der Waals surface area contributed by atoms with Gasteiger partial charge in [-0.25, -0.2) is 8.78 Å². The van der Waals surface area contributed by atoms with Crippen molar-refractivity contribution >= 4 is 12.6 Å². The Kier molecular flexibility index (Phi) is 6.73. The second kappa shape index (κ2) is 8.84. The minimum absolute atomic E-state index is 0.0436. The van der Waals surface area contributed by atoms with Crippen molar-refractivity contribution in [1.29, 1.82) is 0 Å². The van der Waals surface area contributed by atoms with Gasteiger partial charge in [0.25, 0.3) is 0 Å². The van der Waals surface area contributed by atoms with Gasteiger partial charge in [0.2, 0.25) is 0 Å². The highest BCUT2D eigenvalue weighted by atomic mass is 19.2. The molecule has 3 rings (SSSR count). The molecule has 0 spiro atoms. The standard InChI is InChI=1S/C21H31BF2O2/c1-2-3-14-4-6-15(7-5-14)16-8-10-17(11-9-16)18-12-13-19(22(25)26)21(24)20(18)23/h12-17,25-26H,2-11H2,1H3. The first-order chi connectivity index (χ1) is 12.5. The Balaban J connectivity index is 1.57. The Hall–Kier alpha value is -0.935. The van der Waals surface area contributed by atoms with Gasteiger partial charge >= 0.3 is 7.12 Å². The fraction of sp³-hybridized carbons (Fsp3) is 0.714. The smallest absolute Gasteiger partial charge is 0.423 e. The Morgan fingerprint density at radius 2 is 1.46 bits per heavy atom. The Labute approximate surface area is 156 Å². The molecule has 2 aliphatic rings. The van der Waals surface area contributed by atoms with Crippen LogP contribution in [0.25, 0.3) is 0 Å². The average Bonchev–Trinajstić information content (AvgIpc) is 2.65. The topological polar surface area (TPSA) is 40.5 Å². The molecule has 0 unspecified atom stereocenters. The van der Waals surface area contributed by atoms with Gasteiger partial charge in [-0.3, -0.25) is 0 Å². The van der Waals surface area contributed by atoms with E-state index in [4.69, 9.17) is 10.0 Å². The zero-order chi connectivity index (χ0) is 18.7. The monoisotopic (exact) mass is 364 g/mol. The van der Waals surface area contributed by atoms with E-state index in [0.717, 1.165) is 43.4 Å². The lowest BCUT2D eigenvalue weighted by Crippen LogP contribution is -2.34. The highest BCUT2D eigenvalue weighted by molar-refractivity contribution is 6.58. The predicted molar refractivity (Wildman–Crippen MR) is 101 cm³/mol. The van der Waals surface area contributed by atoms with Crippen molar-refractivity contribution in [3.63, 3.8) is 0 Å². The average molecular weight is 364 g/mol. The summed E-state index contributed by atoms with van der Waals surface area (Å²) in [5.41, 5.74) is 0.0146. The molecule has 26 heavy (non-hydrogen) atoms. The molecule has 2 aliphatic carbocycles.